The maximum absolute atomic E-state index is 13.6. The highest BCUT2D eigenvalue weighted by Crippen LogP contribution is 2.38. The van der Waals surface area contributed by atoms with Crippen LogP contribution in [-0.2, 0) is 0 Å². The Balaban J connectivity index is 2.07. The summed E-state index contributed by atoms with van der Waals surface area (Å²) in [4.78, 5) is 3.73. The molecule has 0 unspecified atom stereocenters. The van der Waals surface area contributed by atoms with Crippen LogP contribution >= 0.6 is 11.8 Å². The molecule has 0 radical (unpaired) electrons. The third-order valence-corrected chi connectivity index (χ3v) is 5.15. The topological polar surface area (TPSA) is 50.9 Å². The number of anilines is 2. The maximum atomic E-state index is 13.6. The number of thioether (sulfide) groups is 1. The van der Waals surface area contributed by atoms with Gasteiger partial charge in [-0.1, -0.05) is 19.3 Å². The predicted octanol–water partition coefficient (Wildman–Crippen LogP) is 3.42. The zero-order valence-electron chi connectivity index (χ0n) is 11.0. The second-order valence-corrected chi connectivity index (χ2v) is 6.26. The van der Waals surface area contributed by atoms with Gasteiger partial charge in [-0.25, -0.2) is 13.8 Å². The summed E-state index contributed by atoms with van der Waals surface area (Å²) in [6, 6.07) is 0.775. The standard InChI is InChI=1S/C13H19F2N3S/c1-19-13(5-3-2-4-6-13)8-17-12-10(15)7-9(14)11(16)18-12/h7H,2-6,8H2,1H3,(H3,16,17,18). The van der Waals surface area contributed by atoms with Gasteiger partial charge in [-0.2, -0.15) is 11.8 Å². The lowest BCUT2D eigenvalue weighted by Crippen LogP contribution is -2.36. The first-order valence-corrected chi connectivity index (χ1v) is 7.69. The molecule has 106 valence electrons. The summed E-state index contributed by atoms with van der Waals surface area (Å²) in [7, 11) is 0. The van der Waals surface area contributed by atoms with Crippen LogP contribution in [0.1, 0.15) is 32.1 Å². The third-order valence-electron chi connectivity index (χ3n) is 3.73. The SMILES string of the molecule is CSC1(CNc2nc(N)c(F)cc2F)CCCCC1. The van der Waals surface area contributed by atoms with Crippen molar-refractivity contribution in [1.29, 1.82) is 0 Å². The second kappa shape index (κ2) is 5.94. The van der Waals surface area contributed by atoms with Crippen molar-refractivity contribution in [2.45, 2.75) is 36.9 Å². The maximum Gasteiger partial charge on any atom is 0.168 e. The Morgan fingerprint density at radius 2 is 2.00 bits per heavy atom. The van der Waals surface area contributed by atoms with Gasteiger partial charge < -0.3 is 11.1 Å². The number of rotatable bonds is 4. The number of aromatic nitrogens is 1. The van der Waals surface area contributed by atoms with Gasteiger partial charge in [0.25, 0.3) is 0 Å². The molecule has 0 bridgehead atoms. The fourth-order valence-electron chi connectivity index (χ4n) is 2.50. The Morgan fingerprint density at radius 1 is 1.32 bits per heavy atom. The molecule has 1 aromatic rings. The molecule has 0 spiro atoms. The number of halogens is 2. The summed E-state index contributed by atoms with van der Waals surface area (Å²) in [5.41, 5.74) is 5.37. The van der Waals surface area contributed by atoms with Crippen molar-refractivity contribution in [3.05, 3.63) is 17.7 Å². The van der Waals surface area contributed by atoms with E-state index in [-0.39, 0.29) is 16.4 Å². The number of pyridine rings is 1. The average Bonchev–Trinajstić information content (AvgIpc) is 2.42. The van der Waals surface area contributed by atoms with Crippen LogP contribution in [0.3, 0.4) is 0 Å². The smallest absolute Gasteiger partial charge is 0.168 e. The minimum Gasteiger partial charge on any atom is -0.381 e. The van der Waals surface area contributed by atoms with E-state index in [9.17, 15) is 8.78 Å². The van der Waals surface area contributed by atoms with E-state index in [1.807, 2.05) is 11.8 Å². The third kappa shape index (κ3) is 3.29. The van der Waals surface area contributed by atoms with E-state index in [0.29, 0.717) is 6.54 Å². The van der Waals surface area contributed by atoms with Gasteiger partial charge in [0.05, 0.1) is 0 Å². The minimum absolute atomic E-state index is 0.0397. The lowest BCUT2D eigenvalue weighted by atomic mass is 9.88. The van der Waals surface area contributed by atoms with Crippen LogP contribution in [0, 0.1) is 11.6 Å². The Bertz CT molecular complexity index is 448. The van der Waals surface area contributed by atoms with E-state index in [1.165, 1.54) is 19.3 Å². The largest absolute Gasteiger partial charge is 0.381 e. The van der Waals surface area contributed by atoms with Gasteiger partial charge in [-0.05, 0) is 19.1 Å². The van der Waals surface area contributed by atoms with E-state index in [4.69, 9.17) is 5.73 Å². The summed E-state index contributed by atoms with van der Waals surface area (Å²) in [5, 5.41) is 2.99. The normalized spacial score (nSPS) is 18.3. The van der Waals surface area contributed by atoms with Crippen molar-refractivity contribution < 1.29 is 8.78 Å². The fourth-order valence-corrected chi connectivity index (χ4v) is 3.41. The van der Waals surface area contributed by atoms with Crippen LogP contribution in [0.4, 0.5) is 20.4 Å². The molecule has 0 aromatic carbocycles. The van der Waals surface area contributed by atoms with E-state index >= 15 is 0 Å². The number of nitrogen functional groups attached to an aromatic ring is 1. The molecular formula is C13H19F2N3S. The highest BCUT2D eigenvalue weighted by atomic mass is 32.2. The Morgan fingerprint density at radius 3 is 2.63 bits per heavy atom. The van der Waals surface area contributed by atoms with Crippen molar-refractivity contribution >= 4 is 23.4 Å². The van der Waals surface area contributed by atoms with Gasteiger partial charge in [0.15, 0.2) is 23.3 Å². The van der Waals surface area contributed by atoms with E-state index in [2.05, 4.69) is 16.6 Å². The predicted molar refractivity (Wildman–Crippen MR) is 76.4 cm³/mol. The highest BCUT2D eigenvalue weighted by molar-refractivity contribution is 8.00. The number of hydrogen-bond donors (Lipinski definition) is 2. The van der Waals surface area contributed by atoms with Crippen LogP contribution in [-0.4, -0.2) is 22.5 Å². The lowest BCUT2D eigenvalue weighted by molar-refractivity contribution is 0.410. The lowest BCUT2D eigenvalue weighted by Gasteiger charge is -2.36. The van der Waals surface area contributed by atoms with Gasteiger partial charge >= 0.3 is 0 Å². The van der Waals surface area contributed by atoms with Gasteiger partial charge in [-0.3, -0.25) is 0 Å². The molecule has 1 saturated carbocycles. The van der Waals surface area contributed by atoms with Crippen molar-refractivity contribution in [3.8, 4) is 0 Å². The van der Waals surface area contributed by atoms with Gasteiger partial charge in [-0.15, -0.1) is 0 Å². The zero-order valence-corrected chi connectivity index (χ0v) is 11.8. The van der Waals surface area contributed by atoms with Crippen molar-refractivity contribution in [2.24, 2.45) is 0 Å². The quantitative estimate of drug-likeness (QED) is 0.891. The second-order valence-electron chi connectivity index (χ2n) is 4.99. The summed E-state index contributed by atoms with van der Waals surface area (Å²) >= 11 is 1.81. The molecule has 1 fully saturated rings. The first kappa shape index (κ1) is 14.4. The van der Waals surface area contributed by atoms with Crippen LogP contribution in [0.5, 0.6) is 0 Å². The number of hydrogen-bond acceptors (Lipinski definition) is 4. The molecule has 0 aliphatic heterocycles. The molecule has 1 aliphatic rings. The molecule has 0 atom stereocenters. The van der Waals surface area contributed by atoms with Crippen molar-refractivity contribution in [1.82, 2.24) is 4.98 Å². The van der Waals surface area contributed by atoms with E-state index < -0.39 is 11.6 Å². The summed E-state index contributed by atoms with van der Waals surface area (Å²) in [6.07, 6.45) is 7.96. The molecule has 1 aliphatic carbocycles. The first-order valence-electron chi connectivity index (χ1n) is 6.47. The molecule has 19 heavy (non-hydrogen) atoms. The zero-order chi connectivity index (χ0) is 13.9. The van der Waals surface area contributed by atoms with E-state index in [0.717, 1.165) is 18.9 Å². The number of nitrogens with one attached hydrogen (secondary N) is 1. The molecule has 1 heterocycles. The molecule has 2 rings (SSSR count). The molecule has 0 amide bonds. The Labute approximate surface area is 116 Å². The van der Waals surface area contributed by atoms with Crippen LogP contribution in [0.2, 0.25) is 0 Å². The number of nitrogens with two attached hydrogens (primary N) is 1. The van der Waals surface area contributed by atoms with Gasteiger partial charge in [0, 0.05) is 17.4 Å². The summed E-state index contributed by atoms with van der Waals surface area (Å²) < 4.78 is 26.7. The number of nitrogens with zero attached hydrogens (tertiary/aromatic N) is 1. The molecule has 3 nitrogen and oxygen atoms in total. The average molecular weight is 287 g/mol. The van der Waals surface area contributed by atoms with Gasteiger partial charge in [0.1, 0.15) is 0 Å². The fraction of sp³-hybridized carbons (Fsp3) is 0.615. The Hall–Kier alpha value is -1.04. The monoisotopic (exact) mass is 287 g/mol. The van der Waals surface area contributed by atoms with Crippen LogP contribution < -0.4 is 11.1 Å². The summed E-state index contributed by atoms with van der Waals surface area (Å²) in [5.74, 6) is -1.75. The highest BCUT2D eigenvalue weighted by Gasteiger charge is 2.31. The van der Waals surface area contributed by atoms with E-state index in [1.54, 1.807) is 0 Å². The minimum atomic E-state index is -0.819. The van der Waals surface area contributed by atoms with Crippen LogP contribution in [0.25, 0.3) is 0 Å². The van der Waals surface area contributed by atoms with Crippen LogP contribution in [0.15, 0.2) is 6.07 Å². The Kier molecular flexibility index (Phi) is 4.50. The molecule has 3 N–H and O–H groups in total. The molecule has 0 saturated heterocycles. The van der Waals surface area contributed by atoms with Crippen molar-refractivity contribution in [2.75, 3.05) is 23.9 Å². The summed E-state index contributed by atoms with van der Waals surface area (Å²) in [6.45, 7) is 0.628. The molecule has 1 aromatic heterocycles. The van der Waals surface area contributed by atoms with Crippen molar-refractivity contribution in [3.63, 3.8) is 0 Å². The van der Waals surface area contributed by atoms with Gasteiger partial charge in [0.2, 0.25) is 0 Å². The molecule has 6 heteroatoms. The molecular weight excluding hydrogens is 268 g/mol. The first-order chi connectivity index (χ1) is 9.06.